The molecule has 0 unspecified atom stereocenters. The van der Waals surface area contributed by atoms with Gasteiger partial charge in [-0.3, -0.25) is 0 Å². The van der Waals surface area contributed by atoms with Gasteiger partial charge in [-0.15, -0.1) is 0 Å². The van der Waals surface area contributed by atoms with Crippen molar-refractivity contribution in [1.82, 2.24) is 14.5 Å². The summed E-state index contributed by atoms with van der Waals surface area (Å²) in [4.78, 5) is 8.40. The predicted molar refractivity (Wildman–Crippen MR) is 55.6 cm³/mol. The normalized spacial score (nSPS) is 12.2. The fourth-order valence-electron chi connectivity index (χ4n) is 1.43. The fraction of sp³-hybridized carbons (Fsp3) is 0.222. The van der Waals surface area contributed by atoms with Gasteiger partial charge in [-0.25, -0.2) is 9.97 Å². The molecule has 0 amide bonds. The summed E-state index contributed by atoms with van der Waals surface area (Å²) in [5.41, 5.74) is 7.02. The summed E-state index contributed by atoms with van der Waals surface area (Å²) in [5, 5.41) is 11.4. The van der Waals surface area contributed by atoms with Crippen molar-refractivity contribution >= 4 is 17.0 Å². The number of imidazole rings is 1. The molecule has 0 radical (unpaired) electrons. The van der Waals surface area contributed by atoms with Crippen LogP contribution in [-0.4, -0.2) is 25.6 Å². The molecule has 78 valence electrons. The Morgan fingerprint density at radius 1 is 1.67 bits per heavy atom. The second-order valence-electron chi connectivity index (χ2n) is 3.20. The van der Waals surface area contributed by atoms with Gasteiger partial charge in [0.15, 0.2) is 5.65 Å². The molecule has 6 nitrogen and oxygen atoms in total. The van der Waals surface area contributed by atoms with Gasteiger partial charge in [0.1, 0.15) is 11.7 Å². The van der Waals surface area contributed by atoms with Gasteiger partial charge in [0.25, 0.3) is 0 Å². The third kappa shape index (κ3) is 1.61. The Bertz CT molecular complexity index is 516. The van der Waals surface area contributed by atoms with Crippen LogP contribution in [0.5, 0.6) is 0 Å². The second-order valence-corrected chi connectivity index (χ2v) is 3.20. The second kappa shape index (κ2) is 3.56. The highest BCUT2D eigenvalue weighted by Crippen LogP contribution is 2.11. The number of nitrogens with zero attached hydrogens (tertiary/aromatic N) is 4. The number of rotatable bonds is 2. The van der Waals surface area contributed by atoms with E-state index in [4.69, 9.17) is 10.9 Å². The molecule has 0 saturated heterocycles. The molecule has 0 aliphatic heterocycles. The molecule has 2 rings (SSSR count). The number of hydrogen-bond donors (Lipinski definition) is 2. The van der Waals surface area contributed by atoms with E-state index in [2.05, 4.69) is 15.1 Å². The molecule has 0 aliphatic rings. The number of amidine groups is 1. The molecular formula is C9H11N5O. The van der Waals surface area contributed by atoms with E-state index in [-0.39, 0.29) is 5.84 Å². The molecule has 0 spiro atoms. The Labute approximate surface area is 86.0 Å². The number of nitrogens with two attached hydrogens (primary N) is 1. The smallest absolute Gasteiger partial charge is 0.177 e. The Balaban J connectivity index is 2.49. The number of fused-ring (bicyclic) bond motifs is 1. The molecule has 6 heteroatoms. The highest BCUT2D eigenvalue weighted by atomic mass is 16.4. The van der Waals surface area contributed by atoms with Crippen molar-refractivity contribution in [2.45, 2.75) is 6.42 Å². The number of pyridine rings is 1. The van der Waals surface area contributed by atoms with Crippen LogP contribution < -0.4 is 5.73 Å². The summed E-state index contributed by atoms with van der Waals surface area (Å²) in [5.74, 6) is 0.854. The van der Waals surface area contributed by atoms with E-state index in [1.165, 1.54) is 0 Å². The SMILES string of the molecule is Cn1c(C/C(N)=N/O)nc2ncccc21. The molecule has 2 aromatic rings. The van der Waals surface area contributed by atoms with Crippen LogP contribution in [-0.2, 0) is 13.5 Å². The molecule has 0 fully saturated rings. The minimum Gasteiger partial charge on any atom is -0.409 e. The zero-order valence-corrected chi connectivity index (χ0v) is 8.25. The molecule has 0 aromatic carbocycles. The van der Waals surface area contributed by atoms with Crippen LogP contribution in [0.3, 0.4) is 0 Å². The van der Waals surface area contributed by atoms with Crippen LogP contribution in [0.2, 0.25) is 0 Å². The van der Waals surface area contributed by atoms with Crippen molar-refractivity contribution in [2.75, 3.05) is 0 Å². The maximum Gasteiger partial charge on any atom is 0.177 e. The summed E-state index contributed by atoms with van der Waals surface area (Å²) in [6.45, 7) is 0. The van der Waals surface area contributed by atoms with Crippen molar-refractivity contribution in [2.24, 2.45) is 17.9 Å². The molecule has 2 aromatic heterocycles. The number of hydrogen-bond acceptors (Lipinski definition) is 4. The van der Waals surface area contributed by atoms with E-state index in [0.29, 0.717) is 12.1 Å². The third-order valence-corrected chi connectivity index (χ3v) is 2.22. The number of oxime groups is 1. The van der Waals surface area contributed by atoms with Crippen molar-refractivity contribution < 1.29 is 5.21 Å². The van der Waals surface area contributed by atoms with Crippen molar-refractivity contribution in [3.05, 3.63) is 24.2 Å². The molecule has 0 atom stereocenters. The number of aromatic nitrogens is 3. The lowest BCUT2D eigenvalue weighted by molar-refractivity contribution is 0.317. The van der Waals surface area contributed by atoms with Gasteiger partial charge in [-0.2, -0.15) is 0 Å². The summed E-state index contributed by atoms with van der Waals surface area (Å²) in [6.07, 6.45) is 1.99. The Morgan fingerprint density at radius 3 is 3.13 bits per heavy atom. The summed E-state index contributed by atoms with van der Waals surface area (Å²) in [6, 6.07) is 3.77. The summed E-state index contributed by atoms with van der Waals surface area (Å²) < 4.78 is 1.88. The van der Waals surface area contributed by atoms with Gasteiger partial charge < -0.3 is 15.5 Å². The maximum absolute atomic E-state index is 8.47. The zero-order chi connectivity index (χ0) is 10.8. The van der Waals surface area contributed by atoms with Gasteiger partial charge in [0.05, 0.1) is 11.9 Å². The van der Waals surface area contributed by atoms with Gasteiger partial charge in [0.2, 0.25) is 0 Å². The Kier molecular flexibility index (Phi) is 2.24. The van der Waals surface area contributed by atoms with Crippen molar-refractivity contribution in [3.8, 4) is 0 Å². The van der Waals surface area contributed by atoms with E-state index in [0.717, 1.165) is 11.3 Å². The van der Waals surface area contributed by atoms with E-state index in [1.54, 1.807) is 6.20 Å². The van der Waals surface area contributed by atoms with E-state index in [1.807, 2.05) is 23.7 Å². The van der Waals surface area contributed by atoms with Crippen molar-refractivity contribution in [1.29, 1.82) is 0 Å². The van der Waals surface area contributed by atoms with Gasteiger partial charge in [-0.1, -0.05) is 5.16 Å². The van der Waals surface area contributed by atoms with Crippen LogP contribution in [0.1, 0.15) is 5.82 Å². The van der Waals surface area contributed by atoms with Gasteiger partial charge in [-0.05, 0) is 12.1 Å². The van der Waals surface area contributed by atoms with Crippen molar-refractivity contribution in [3.63, 3.8) is 0 Å². The molecule has 0 bridgehead atoms. The minimum atomic E-state index is 0.133. The molecule has 0 saturated carbocycles. The Morgan fingerprint density at radius 2 is 2.47 bits per heavy atom. The van der Waals surface area contributed by atoms with Gasteiger partial charge in [0, 0.05) is 13.2 Å². The molecule has 3 N–H and O–H groups in total. The average molecular weight is 205 g/mol. The monoisotopic (exact) mass is 205 g/mol. The molecule has 2 heterocycles. The number of aryl methyl sites for hydroxylation is 1. The lowest BCUT2D eigenvalue weighted by Gasteiger charge is -1.99. The van der Waals surface area contributed by atoms with Crippen LogP contribution >= 0.6 is 0 Å². The highest BCUT2D eigenvalue weighted by Gasteiger charge is 2.09. The topological polar surface area (TPSA) is 89.3 Å². The highest BCUT2D eigenvalue weighted by molar-refractivity contribution is 5.82. The standard InChI is InChI=1S/C9H11N5O/c1-14-6-3-2-4-11-9(6)12-8(14)5-7(10)13-15/h2-4,15H,5H2,1H3,(H2,10,13). The summed E-state index contributed by atoms with van der Waals surface area (Å²) in [7, 11) is 1.87. The lowest BCUT2D eigenvalue weighted by Crippen LogP contribution is -2.17. The first kappa shape index (κ1) is 9.45. The van der Waals surface area contributed by atoms with E-state index in [9.17, 15) is 0 Å². The fourth-order valence-corrected chi connectivity index (χ4v) is 1.43. The molecule has 15 heavy (non-hydrogen) atoms. The first-order chi connectivity index (χ1) is 7.22. The quantitative estimate of drug-likeness (QED) is 0.318. The maximum atomic E-state index is 8.47. The zero-order valence-electron chi connectivity index (χ0n) is 8.25. The van der Waals surface area contributed by atoms with Crippen LogP contribution in [0.4, 0.5) is 0 Å². The predicted octanol–water partition coefficient (Wildman–Crippen LogP) is 0.257. The average Bonchev–Trinajstić information content (AvgIpc) is 2.57. The van der Waals surface area contributed by atoms with Crippen LogP contribution in [0.15, 0.2) is 23.5 Å². The third-order valence-electron chi connectivity index (χ3n) is 2.22. The van der Waals surface area contributed by atoms with Crippen LogP contribution in [0, 0.1) is 0 Å². The first-order valence-electron chi connectivity index (χ1n) is 4.45. The van der Waals surface area contributed by atoms with Gasteiger partial charge >= 0.3 is 0 Å². The van der Waals surface area contributed by atoms with E-state index < -0.39 is 0 Å². The molecular weight excluding hydrogens is 194 g/mol. The molecule has 0 aliphatic carbocycles. The largest absolute Gasteiger partial charge is 0.409 e. The Hall–Kier alpha value is -2.11. The van der Waals surface area contributed by atoms with E-state index >= 15 is 0 Å². The summed E-state index contributed by atoms with van der Waals surface area (Å²) >= 11 is 0. The first-order valence-corrected chi connectivity index (χ1v) is 4.45. The lowest BCUT2D eigenvalue weighted by atomic mass is 10.4. The minimum absolute atomic E-state index is 0.133. The van der Waals surface area contributed by atoms with Crippen LogP contribution in [0.25, 0.3) is 11.2 Å².